The minimum atomic E-state index is 0. The molecule has 1 aromatic carbocycles. The van der Waals surface area contributed by atoms with Crippen molar-refractivity contribution >= 4 is 18.3 Å². The molecule has 2 fully saturated rings. The topological polar surface area (TPSA) is 50.4 Å². The van der Waals surface area contributed by atoms with Gasteiger partial charge in [0, 0.05) is 24.6 Å². The summed E-state index contributed by atoms with van der Waals surface area (Å²) in [7, 11) is 0. The molecule has 1 saturated carbocycles. The fourth-order valence-electron chi connectivity index (χ4n) is 2.70. The van der Waals surface area contributed by atoms with Crippen LogP contribution in [0.1, 0.15) is 37.7 Å². The van der Waals surface area contributed by atoms with Crippen LogP contribution in [0.5, 0.6) is 5.75 Å². The van der Waals surface area contributed by atoms with Crippen LogP contribution >= 0.6 is 12.4 Å². The summed E-state index contributed by atoms with van der Waals surface area (Å²) in [6, 6.07) is 8.34. The highest BCUT2D eigenvalue weighted by Crippen LogP contribution is 2.30. The summed E-state index contributed by atoms with van der Waals surface area (Å²) < 4.78 is 5.86. The molecule has 1 saturated heterocycles. The zero-order chi connectivity index (χ0) is 14.5. The number of amides is 1. The molecule has 1 aliphatic heterocycles. The molecule has 2 N–H and O–H groups in total. The van der Waals surface area contributed by atoms with Crippen molar-refractivity contribution in [1.29, 1.82) is 0 Å². The highest BCUT2D eigenvalue weighted by atomic mass is 35.5. The van der Waals surface area contributed by atoms with Crippen molar-refractivity contribution in [1.82, 2.24) is 10.6 Å². The summed E-state index contributed by atoms with van der Waals surface area (Å²) in [5.41, 5.74) is 1.06. The first kappa shape index (κ1) is 17.1. The Morgan fingerprint density at radius 3 is 2.82 bits per heavy atom. The lowest BCUT2D eigenvalue weighted by molar-refractivity contribution is -0.121. The lowest BCUT2D eigenvalue weighted by atomic mass is 10.1. The van der Waals surface area contributed by atoms with E-state index in [4.69, 9.17) is 4.74 Å². The first-order valence-corrected chi connectivity index (χ1v) is 8.02. The third-order valence-corrected chi connectivity index (χ3v) is 4.21. The predicted molar refractivity (Wildman–Crippen MR) is 89.4 cm³/mol. The van der Waals surface area contributed by atoms with Gasteiger partial charge in [-0.3, -0.25) is 4.79 Å². The van der Waals surface area contributed by atoms with Gasteiger partial charge in [-0.25, -0.2) is 0 Å². The van der Waals surface area contributed by atoms with E-state index in [9.17, 15) is 4.79 Å². The van der Waals surface area contributed by atoms with Gasteiger partial charge in [0.05, 0.1) is 6.61 Å². The van der Waals surface area contributed by atoms with Crippen LogP contribution in [-0.2, 0) is 11.3 Å². The third-order valence-electron chi connectivity index (χ3n) is 4.21. The summed E-state index contributed by atoms with van der Waals surface area (Å²) in [4.78, 5) is 12.0. The molecule has 22 heavy (non-hydrogen) atoms. The van der Waals surface area contributed by atoms with Crippen molar-refractivity contribution in [2.75, 3.05) is 13.2 Å². The Bertz CT molecular complexity index is 485. The van der Waals surface area contributed by atoms with E-state index >= 15 is 0 Å². The van der Waals surface area contributed by atoms with Gasteiger partial charge in [0.25, 0.3) is 0 Å². The van der Waals surface area contributed by atoms with Crippen LogP contribution in [0.15, 0.2) is 24.3 Å². The van der Waals surface area contributed by atoms with Gasteiger partial charge in [-0.15, -0.1) is 12.4 Å². The second-order valence-corrected chi connectivity index (χ2v) is 6.14. The fourth-order valence-corrected chi connectivity index (χ4v) is 2.70. The number of hydrogen-bond donors (Lipinski definition) is 2. The normalized spacial score (nSPS) is 20.3. The van der Waals surface area contributed by atoms with Gasteiger partial charge in [-0.2, -0.15) is 0 Å². The number of halogens is 1. The van der Waals surface area contributed by atoms with Gasteiger partial charge in [-0.1, -0.05) is 18.2 Å². The van der Waals surface area contributed by atoms with Gasteiger partial charge < -0.3 is 15.4 Å². The predicted octanol–water partition coefficient (Wildman–Crippen LogP) is 2.66. The van der Waals surface area contributed by atoms with Gasteiger partial charge in [-0.05, 0) is 44.2 Å². The number of hydrogen-bond acceptors (Lipinski definition) is 3. The van der Waals surface area contributed by atoms with Crippen LogP contribution in [0, 0.1) is 5.92 Å². The van der Waals surface area contributed by atoms with E-state index in [0.717, 1.165) is 36.8 Å². The van der Waals surface area contributed by atoms with Crippen molar-refractivity contribution in [2.24, 2.45) is 5.92 Å². The molecule has 0 bridgehead atoms. The highest BCUT2D eigenvalue weighted by molar-refractivity contribution is 5.85. The van der Waals surface area contributed by atoms with E-state index < -0.39 is 0 Å². The SMILES string of the molecule is Cl.O=C(CC1CCCN1)NCc1ccccc1OCC1CC1. The molecule has 1 heterocycles. The van der Waals surface area contributed by atoms with Crippen LogP contribution in [0.25, 0.3) is 0 Å². The number of nitrogens with one attached hydrogen (secondary N) is 2. The number of carbonyl (C=O) groups is 1. The zero-order valence-electron chi connectivity index (χ0n) is 12.8. The zero-order valence-corrected chi connectivity index (χ0v) is 13.7. The van der Waals surface area contributed by atoms with Crippen molar-refractivity contribution in [3.63, 3.8) is 0 Å². The highest BCUT2D eigenvalue weighted by Gasteiger charge is 2.22. The smallest absolute Gasteiger partial charge is 0.221 e. The molecule has 1 aliphatic carbocycles. The quantitative estimate of drug-likeness (QED) is 0.810. The maximum atomic E-state index is 12.0. The van der Waals surface area contributed by atoms with E-state index in [-0.39, 0.29) is 18.3 Å². The van der Waals surface area contributed by atoms with Crippen LogP contribution in [0.3, 0.4) is 0 Å². The van der Waals surface area contributed by atoms with E-state index in [1.165, 1.54) is 19.3 Å². The average Bonchev–Trinajstić information content (AvgIpc) is 3.20. The summed E-state index contributed by atoms with van der Waals surface area (Å²) >= 11 is 0. The average molecular weight is 325 g/mol. The van der Waals surface area contributed by atoms with E-state index in [1.807, 2.05) is 24.3 Å². The largest absolute Gasteiger partial charge is 0.493 e. The summed E-state index contributed by atoms with van der Waals surface area (Å²) in [6.07, 6.45) is 5.43. The first-order valence-electron chi connectivity index (χ1n) is 8.02. The molecule has 0 aromatic heterocycles. The van der Waals surface area contributed by atoms with Crippen molar-refractivity contribution in [3.05, 3.63) is 29.8 Å². The number of benzene rings is 1. The van der Waals surface area contributed by atoms with Crippen molar-refractivity contribution < 1.29 is 9.53 Å². The molecule has 4 nitrogen and oxygen atoms in total. The molecule has 1 unspecified atom stereocenters. The number of rotatable bonds is 7. The van der Waals surface area contributed by atoms with Gasteiger partial charge in [0.2, 0.25) is 5.91 Å². The molecule has 122 valence electrons. The van der Waals surface area contributed by atoms with E-state index in [2.05, 4.69) is 10.6 Å². The lowest BCUT2D eigenvalue weighted by Crippen LogP contribution is -2.31. The Morgan fingerprint density at radius 2 is 2.09 bits per heavy atom. The first-order chi connectivity index (χ1) is 10.3. The molecule has 1 aromatic rings. The van der Waals surface area contributed by atoms with Crippen molar-refractivity contribution in [3.8, 4) is 5.75 Å². The molecule has 1 amide bonds. The minimum Gasteiger partial charge on any atom is -0.493 e. The maximum Gasteiger partial charge on any atom is 0.221 e. The summed E-state index contributed by atoms with van der Waals surface area (Å²) in [6.45, 7) is 2.39. The maximum absolute atomic E-state index is 12.0. The lowest BCUT2D eigenvalue weighted by Gasteiger charge is -2.13. The van der Waals surface area contributed by atoms with E-state index in [1.54, 1.807) is 0 Å². The molecular weight excluding hydrogens is 300 g/mol. The van der Waals surface area contributed by atoms with Crippen molar-refractivity contribution in [2.45, 2.75) is 44.7 Å². The Hall–Kier alpha value is -1.26. The molecule has 0 spiro atoms. The van der Waals surface area contributed by atoms with Gasteiger partial charge >= 0.3 is 0 Å². The Morgan fingerprint density at radius 1 is 1.27 bits per heavy atom. The number of carbonyl (C=O) groups excluding carboxylic acids is 1. The summed E-state index contributed by atoms with van der Waals surface area (Å²) in [5, 5.41) is 6.36. The Kier molecular flexibility index (Phi) is 6.52. The van der Waals surface area contributed by atoms with E-state index in [0.29, 0.717) is 19.0 Å². The molecular formula is C17H25ClN2O2. The van der Waals surface area contributed by atoms with Gasteiger partial charge in [0.15, 0.2) is 0 Å². The molecule has 0 radical (unpaired) electrons. The molecule has 2 aliphatic rings. The Balaban J connectivity index is 0.00000176. The second-order valence-electron chi connectivity index (χ2n) is 6.14. The Labute approximate surface area is 138 Å². The monoisotopic (exact) mass is 324 g/mol. The van der Waals surface area contributed by atoms with Crippen LogP contribution < -0.4 is 15.4 Å². The summed E-state index contributed by atoms with van der Waals surface area (Å²) in [5.74, 6) is 1.76. The van der Waals surface area contributed by atoms with Gasteiger partial charge in [0.1, 0.15) is 5.75 Å². The van der Waals surface area contributed by atoms with Crippen LogP contribution in [0.2, 0.25) is 0 Å². The standard InChI is InChI=1S/C17H24N2O2.ClH/c20-17(10-15-5-3-9-18-15)19-11-14-4-1-2-6-16(14)21-12-13-7-8-13;/h1-2,4,6,13,15,18H,3,5,7-12H2,(H,19,20);1H. The second kappa shape index (κ2) is 8.39. The van der Waals surface area contributed by atoms with Crippen LogP contribution in [0.4, 0.5) is 0 Å². The molecule has 5 heteroatoms. The minimum absolute atomic E-state index is 0. The molecule has 3 rings (SSSR count). The number of para-hydroxylation sites is 1. The fraction of sp³-hybridized carbons (Fsp3) is 0.588. The molecule has 1 atom stereocenters. The number of ether oxygens (including phenoxy) is 1. The third kappa shape index (κ3) is 5.18. The van der Waals surface area contributed by atoms with Crippen LogP contribution in [-0.4, -0.2) is 25.1 Å².